The van der Waals surface area contributed by atoms with Crippen LogP contribution in [0.15, 0.2) is 0 Å². The van der Waals surface area contributed by atoms with Gasteiger partial charge in [-0.3, -0.25) is 4.79 Å². The first-order valence-electron chi connectivity index (χ1n) is 7.09. The molecule has 21 heavy (non-hydrogen) atoms. The lowest BCUT2D eigenvalue weighted by Gasteiger charge is -2.26. The maximum atomic E-state index is 12.2. The third kappa shape index (κ3) is 8.90. The molecule has 1 atom stereocenters. The molecule has 0 fully saturated rings. The minimum absolute atomic E-state index is 0.209. The van der Waals surface area contributed by atoms with Crippen LogP contribution in [0.3, 0.4) is 0 Å². The quantitative estimate of drug-likeness (QED) is 0.814. The number of ether oxygens (including phenoxy) is 1. The second-order valence-corrected chi connectivity index (χ2v) is 7.05. The lowest BCUT2D eigenvalue weighted by Crippen LogP contribution is -2.53. The molecule has 0 spiro atoms. The molecular weight excluding hydrogens is 270 g/mol. The maximum Gasteiger partial charge on any atom is 0.408 e. The Kier molecular flexibility index (Phi) is 6.68. The number of hydrogen-bond donors (Lipinski definition) is 2. The van der Waals surface area contributed by atoms with Crippen molar-refractivity contribution >= 4 is 12.0 Å². The Morgan fingerprint density at radius 2 is 1.71 bits per heavy atom. The lowest BCUT2D eigenvalue weighted by molar-refractivity contribution is -0.124. The molecule has 6 heteroatoms. The van der Waals surface area contributed by atoms with E-state index in [1.54, 1.807) is 34.6 Å². The standard InChI is InChI=1S/C15H27N3O3/c1-10(2)8-11(12(19)18-15(6,7)9-16)17-13(20)21-14(3,4)5/h10-11H,8H2,1-7H3,(H,17,20)(H,18,19). The highest BCUT2D eigenvalue weighted by atomic mass is 16.6. The summed E-state index contributed by atoms with van der Waals surface area (Å²) < 4.78 is 5.16. The normalized spacial score (nSPS) is 13.3. The van der Waals surface area contributed by atoms with Crippen molar-refractivity contribution in [1.29, 1.82) is 5.26 Å². The Bertz CT molecular complexity index is 417. The predicted molar refractivity (Wildman–Crippen MR) is 80.4 cm³/mol. The van der Waals surface area contributed by atoms with Gasteiger partial charge in [0.15, 0.2) is 0 Å². The lowest BCUT2D eigenvalue weighted by atomic mass is 10.0. The fourth-order valence-corrected chi connectivity index (χ4v) is 1.58. The number of nitriles is 1. The zero-order valence-electron chi connectivity index (χ0n) is 14.0. The van der Waals surface area contributed by atoms with Gasteiger partial charge in [0.1, 0.15) is 17.2 Å². The number of hydrogen-bond acceptors (Lipinski definition) is 4. The monoisotopic (exact) mass is 297 g/mol. The van der Waals surface area contributed by atoms with Crippen LogP contribution in [0.2, 0.25) is 0 Å². The average molecular weight is 297 g/mol. The number of nitrogens with one attached hydrogen (secondary N) is 2. The van der Waals surface area contributed by atoms with Crippen molar-refractivity contribution in [2.24, 2.45) is 5.92 Å². The van der Waals surface area contributed by atoms with E-state index in [9.17, 15) is 9.59 Å². The van der Waals surface area contributed by atoms with Crippen LogP contribution >= 0.6 is 0 Å². The van der Waals surface area contributed by atoms with Gasteiger partial charge in [-0.1, -0.05) is 13.8 Å². The molecule has 0 aliphatic carbocycles. The van der Waals surface area contributed by atoms with Gasteiger partial charge in [-0.05, 0) is 47.0 Å². The van der Waals surface area contributed by atoms with E-state index >= 15 is 0 Å². The summed E-state index contributed by atoms with van der Waals surface area (Å²) in [6, 6.07) is 1.27. The summed E-state index contributed by atoms with van der Waals surface area (Å²) >= 11 is 0. The number of carbonyl (C=O) groups is 2. The maximum absolute atomic E-state index is 12.2. The van der Waals surface area contributed by atoms with Gasteiger partial charge >= 0.3 is 6.09 Å². The summed E-state index contributed by atoms with van der Waals surface area (Å²) in [7, 11) is 0. The molecule has 0 rings (SSSR count). The van der Waals surface area contributed by atoms with Gasteiger partial charge < -0.3 is 15.4 Å². The van der Waals surface area contributed by atoms with E-state index in [0.717, 1.165) is 0 Å². The van der Waals surface area contributed by atoms with Crippen molar-refractivity contribution in [3.63, 3.8) is 0 Å². The Labute approximate surface area is 127 Å². The minimum Gasteiger partial charge on any atom is -0.444 e. The van der Waals surface area contributed by atoms with Gasteiger partial charge in [0.05, 0.1) is 6.07 Å². The summed E-state index contributed by atoms with van der Waals surface area (Å²) in [5.74, 6) is -0.179. The third-order valence-electron chi connectivity index (χ3n) is 2.43. The van der Waals surface area contributed by atoms with Crippen molar-refractivity contribution < 1.29 is 14.3 Å². The molecule has 2 N–H and O–H groups in total. The van der Waals surface area contributed by atoms with Crippen LogP contribution in [0.5, 0.6) is 0 Å². The number of alkyl carbamates (subject to hydrolysis) is 1. The molecule has 6 nitrogen and oxygen atoms in total. The second-order valence-electron chi connectivity index (χ2n) is 7.05. The molecule has 0 aromatic heterocycles. The van der Waals surface area contributed by atoms with E-state index in [2.05, 4.69) is 10.6 Å². The van der Waals surface area contributed by atoms with Crippen LogP contribution in [0.4, 0.5) is 4.79 Å². The van der Waals surface area contributed by atoms with E-state index in [0.29, 0.717) is 6.42 Å². The Hall–Kier alpha value is -1.77. The zero-order chi connectivity index (χ0) is 16.8. The van der Waals surface area contributed by atoms with E-state index < -0.39 is 23.3 Å². The van der Waals surface area contributed by atoms with E-state index in [1.165, 1.54) is 0 Å². The first-order valence-corrected chi connectivity index (χ1v) is 7.09. The van der Waals surface area contributed by atoms with Crippen molar-refractivity contribution in [3.05, 3.63) is 0 Å². The van der Waals surface area contributed by atoms with Gasteiger partial charge in [0, 0.05) is 0 Å². The molecule has 0 bridgehead atoms. The molecule has 0 radical (unpaired) electrons. The van der Waals surface area contributed by atoms with E-state index in [-0.39, 0.29) is 11.8 Å². The summed E-state index contributed by atoms with van der Waals surface area (Å²) in [4.78, 5) is 24.0. The molecule has 0 aromatic rings. The number of nitrogens with zero attached hydrogens (tertiary/aromatic N) is 1. The fraction of sp³-hybridized carbons (Fsp3) is 0.800. The highest BCUT2D eigenvalue weighted by Gasteiger charge is 2.29. The van der Waals surface area contributed by atoms with Crippen LogP contribution in [0.1, 0.15) is 54.9 Å². The molecular formula is C15H27N3O3. The molecule has 1 unspecified atom stereocenters. The molecule has 120 valence electrons. The summed E-state index contributed by atoms with van der Waals surface area (Å²) in [5, 5.41) is 14.1. The summed E-state index contributed by atoms with van der Waals surface area (Å²) in [6.07, 6.45) is -0.176. The predicted octanol–water partition coefficient (Wildman–Crippen LogP) is 2.34. The van der Waals surface area contributed by atoms with Crippen molar-refractivity contribution in [2.75, 3.05) is 0 Å². The summed E-state index contributed by atoms with van der Waals surface area (Å²) in [5.41, 5.74) is -1.61. The first-order chi connectivity index (χ1) is 9.36. The highest BCUT2D eigenvalue weighted by molar-refractivity contribution is 5.86. The van der Waals surface area contributed by atoms with Crippen molar-refractivity contribution in [2.45, 2.75) is 72.1 Å². The van der Waals surface area contributed by atoms with Crippen LogP contribution in [0.25, 0.3) is 0 Å². The highest BCUT2D eigenvalue weighted by Crippen LogP contribution is 2.10. The fourth-order valence-electron chi connectivity index (χ4n) is 1.58. The smallest absolute Gasteiger partial charge is 0.408 e. The molecule has 0 aromatic carbocycles. The number of rotatable bonds is 5. The van der Waals surface area contributed by atoms with Gasteiger partial charge in [0.25, 0.3) is 0 Å². The van der Waals surface area contributed by atoms with Gasteiger partial charge in [-0.25, -0.2) is 4.79 Å². The van der Waals surface area contributed by atoms with Crippen LogP contribution in [0, 0.1) is 17.2 Å². The number of carbonyl (C=O) groups excluding carboxylic acids is 2. The van der Waals surface area contributed by atoms with Gasteiger partial charge in [-0.2, -0.15) is 5.26 Å². The molecule has 0 aliphatic rings. The Morgan fingerprint density at radius 3 is 2.10 bits per heavy atom. The Balaban J connectivity index is 4.85. The molecule has 0 saturated carbocycles. The topological polar surface area (TPSA) is 91.2 Å². The molecule has 0 aliphatic heterocycles. The van der Waals surface area contributed by atoms with Crippen LogP contribution < -0.4 is 10.6 Å². The minimum atomic E-state index is -0.984. The van der Waals surface area contributed by atoms with Gasteiger partial charge in [0.2, 0.25) is 5.91 Å². The Morgan fingerprint density at radius 1 is 1.19 bits per heavy atom. The van der Waals surface area contributed by atoms with E-state index in [1.807, 2.05) is 19.9 Å². The zero-order valence-corrected chi connectivity index (χ0v) is 14.0. The van der Waals surface area contributed by atoms with Crippen molar-refractivity contribution in [3.8, 4) is 6.07 Å². The summed E-state index contributed by atoms with van der Waals surface area (Å²) in [6.45, 7) is 12.4. The van der Waals surface area contributed by atoms with Crippen LogP contribution in [-0.4, -0.2) is 29.2 Å². The first kappa shape index (κ1) is 19.2. The number of amides is 2. The molecule has 0 heterocycles. The second kappa shape index (κ2) is 7.30. The largest absolute Gasteiger partial charge is 0.444 e. The van der Waals surface area contributed by atoms with Crippen LogP contribution in [-0.2, 0) is 9.53 Å². The SMILES string of the molecule is CC(C)CC(NC(=O)OC(C)(C)C)C(=O)NC(C)(C)C#N. The molecule has 2 amide bonds. The van der Waals surface area contributed by atoms with Gasteiger partial charge in [-0.15, -0.1) is 0 Å². The van der Waals surface area contributed by atoms with Crippen molar-refractivity contribution in [1.82, 2.24) is 10.6 Å². The third-order valence-corrected chi connectivity index (χ3v) is 2.43. The molecule has 0 saturated heterocycles. The average Bonchev–Trinajstić information content (AvgIpc) is 2.24. The van der Waals surface area contributed by atoms with E-state index in [4.69, 9.17) is 10.00 Å².